The van der Waals surface area contributed by atoms with Gasteiger partial charge in [-0.3, -0.25) is 19.8 Å². The molecule has 4 aliphatic heterocycles. The summed E-state index contributed by atoms with van der Waals surface area (Å²) >= 11 is 10.2. The molecule has 0 amide bonds. The summed E-state index contributed by atoms with van der Waals surface area (Å²) in [4.78, 5) is 16.3. The Morgan fingerprint density at radius 2 is 1.22 bits per heavy atom. The molecule has 1 N–H and O–H groups in total. The number of nitrogens with zero attached hydrogens (tertiary/aromatic N) is 5. The number of morpholine rings is 2. The molecule has 0 unspecified atom stereocenters. The van der Waals surface area contributed by atoms with Gasteiger partial charge in [-0.15, -0.1) is 11.6 Å². The lowest BCUT2D eigenvalue weighted by molar-refractivity contribution is 0.0297. The molecular weight excluding hydrogens is 942 g/mol. The molecule has 55 heavy (non-hydrogen) atoms. The number of pyridine rings is 2. The summed E-state index contributed by atoms with van der Waals surface area (Å²) in [5.41, 5.74) is 2.00. The van der Waals surface area contributed by atoms with Crippen LogP contribution in [0.3, 0.4) is 0 Å². The van der Waals surface area contributed by atoms with Gasteiger partial charge in [0.2, 0.25) is 0 Å². The van der Waals surface area contributed by atoms with Crippen LogP contribution in [0.5, 0.6) is 11.5 Å². The third kappa shape index (κ3) is 14.3. The molecule has 0 bridgehead atoms. The van der Waals surface area contributed by atoms with Gasteiger partial charge in [0.05, 0.1) is 50.7 Å². The normalized spacial score (nSPS) is 21.3. The SMILES string of the molecule is ClCCN1CCOCC1.Ic1ccc2nccc(OC[C@@H]3CCCN(CCN4CCOCC4)C3)c2c1.Ic1ccc2nccc(OC[C@@H]3CCCNC3)c2c1. The first-order valence-electron chi connectivity index (χ1n) is 20.0. The maximum Gasteiger partial charge on any atom is 0.130 e. The van der Waals surface area contributed by atoms with Crippen LogP contribution >= 0.6 is 56.8 Å². The molecule has 6 heterocycles. The van der Waals surface area contributed by atoms with Crippen LogP contribution in [0.2, 0.25) is 0 Å². The summed E-state index contributed by atoms with van der Waals surface area (Å²) in [6.45, 7) is 17.2. The minimum Gasteiger partial charge on any atom is -0.492 e. The zero-order valence-electron chi connectivity index (χ0n) is 32.0. The number of benzene rings is 2. The van der Waals surface area contributed by atoms with E-state index < -0.39 is 0 Å². The van der Waals surface area contributed by atoms with Crippen molar-refractivity contribution in [3.63, 3.8) is 0 Å². The van der Waals surface area contributed by atoms with Crippen molar-refractivity contribution < 1.29 is 18.9 Å². The second-order valence-corrected chi connectivity index (χ2v) is 17.6. The molecule has 13 heteroatoms. The molecule has 0 radical (unpaired) electrons. The van der Waals surface area contributed by atoms with E-state index in [0.717, 1.165) is 144 Å². The summed E-state index contributed by atoms with van der Waals surface area (Å²) < 4.78 is 25.3. The lowest BCUT2D eigenvalue weighted by atomic mass is 9.99. The lowest BCUT2D eigenvalue weighted by Gasteiger charge is -2.35. The fourth-order valence-electron chi connectivity index (χ4n) is 7.46. The second kappa shape index (κ2) is 23.7. The Morgan fingerprint density at radius 1 is 0.673 bits per heavy atom. The number of ether oxygens (including phenoxy) is 4. The monoisotopic (exact) mass is 998 g/mol. The van der Waals surface area contributed by atoms with Crippen molar-refractivity contribution in [2.24, 2.45) is 11.8 Å². The lowest BCUT2D eigenvalue weighted by Crippen LogP contribution is -2.44. The van der Waals surface area contributed by atoms with E-state index in [0.29, 0.717) is 11.8 Å². The van der Waals surface area contributed by atoms with Crippen molar-refractivity contribution in [1.29, 1.82) is 0 Å². The summed E-state index contributed by atoms with van der Waals surface area (Å²) in [6, 6.07) is 16.5. The van der Waals surface area contributed by atoms with Gasteiger partial charge in [-0.2, -0.15) is 0 Å². The molecule has 8 rings (SSSR count). The summed E-state index contributed by atoms with van der Waals surface area (Å²) in [7, 11) is 0. The number of fused-ring (bicyclic) bond motifs is 2. The number of halogens is 3. The number of piperidine rings is 2. The van der Waals surface area contributed by atoms with Gasteiger partial charge in [0.15, 0.2) is 0 Å². The number of alkyl halides is 1. The number of hydrogen-bond donors (Lipinski definition) is 1. The largest absolute Gasteiger partial charge is 0.492 e. The first-order valence-corrected chi connectivity index (χ1v) is 22.7. The van der Waals surface area contributed by atoms with Crippen molar-refractivity contribution in [3.05, 3.63) is 68.1 Å². The van der Waals surface area contributed by atoms with Gasteiger partial charge in [-0.05, 0) is 132 Å². The zero-order valence-corrected chi connectivity index (χ0v) is 37.1. The van der Waals surface area contributed by atoms with E-state index in [-0.39, 0.29) is 0 Å². The van der Waals surface area contributed by atoms with E-state index in [4.69, 9.17) is 30.5 Å². The number of aromatic nitrogens is 2. The topological polar surface area (TPSA) is 84.5 Å². The number of hydrogen-bond acceptors (Lipinski definition) is 10. The molecule has 10 nitrogen and oxygen atoms in total. The average molecular weight is 999 g/mol. The Bertz CT molecular complexity index is 1720. The van der Waals surface area contributed by atoms with Crippen molar-refractivity contribution in [1.82, 2.24) is 30.0 Å². The third-order valence-corrected chi connectivity index (χ3v) is 12.1. The maximum absolute atomic E-state index is 6.26. The highest BCUT2D eigenvalue weighted by atomic mass is 127. The van der Waals surface area contributed by atoms with Crippen LogP contribution < -0.4 is 14.8 Å². The van der Waals surface area contributed by atoms with E-state index in [1.807, 2.05) is 30.6 Å². The highest BCUT2D eigenvalue weighted by molar-refractivity contribution is 14.1. The van der Waals surface area contributed by atoms with Crippen molar-refractivity contribution >= 4 is 78.6 Å². The Balaban J connectivity index is 0.000000159. The third-order valence-electron chi connectivity index (χ3n) is 10.6. The summed E-state index contributed by atoms with van der Waals surface area (Å²) in [5, 5.41) is 5.65. The molecule has 300 valence electrons. The van der Waals surface area contributed by atoms with Crippen LogP contribution in [-0.4, -0.2) is 142 Å². The molecule has 0 aliphatic carbocycles. The molecule has 0 saturated carbocycles. The Hall–Kier alpha value is -1.63. The first kappa shape index (κ1) is 43.0. The minimum absolute atomic E-state index is 0.606. The fourth-order valence-corrected chi connectivity index (χ4v) is 8.68. The Kier molecular flexibility index (Phi) is 18.5. The molecule has 2 atom stereocenters. The molecule has 2 aromatic carbocycles. The Morgan fingerprint density at radius 3 is 1.78 bits per heavy atom. The molecule has 4 aromatic rings. The van der Waals surface area contributed by atoms with Gasteiger partial charge >= 0.3 is 0 Å². The van der Waals surface area contributed by atoms with E-state index in [1.165, 1.54) is 39.4 Å². The van der Waals surface area contributed by atoms with Crippen LogP contribution in [0.25, 0.3) is 21.8 Å². The van der Waals surface area contributed by atoms with Gasteiger partial charge in [0.1, 0.15) is 11.5 Å². The van der Waals surface area contributed by atoms with Gasteiger partial charge in [0, 0.05) is 107 Å². The number of rotatable bonds is 11. The van der Waals surface area contributed by atoms with Gasteiger partial charge in [-0.1, -0.05) is 0 Å². The van der Waals surface area contributed by atoms with Gasteiger partial charge in [0.25, 0.3) is 0 Å². The average Bonchev–Trinajstić information content (AvgIpc) is 3.23. The van der Waals surface area contributed by atoms with E-state index in [9.17, 15) is 0 Å². The molecule has 0 spiro atoms. The van der Waals surface area contributed by atoms with Gasteiger partial charge in [-0.25, -0.2) is 0 Å². The smallest absolute Gasteiger partial charge is 0.130 e. The minimum atomic E-state index is 0.606. The quantitative estimate of drug-likeness (QED) is 0.125. The van der Waals surface area contributed by atoms with Crippen LogP contribution in [0.1, 0.15) is 25.7 Å². The van der Waals surface area contributed by atoms with Crippen LogP contribution in [0.4, 0.5) is 0 Å². The summed E-state index contributed by atoms with van der Waals surface area (Å²) in [5.74, 6) is 3.88. The summed E-state index contributed by atoms with van der Waals surface area (Å²) in [6.07, 6.45) is 8.71. The highest BCUT2D eigenvalue weighted by Crippen LogP contribution is 2.28. The van der Waals surface area contributed by atoms with Crippen molar-refractivity contribution in [3.8, 4) is 11.5 Å². The molecule has 2 aromatic heterocycles. The molecule has 4 fully saturated rings. The fraction of sp³-hybridized carbons (Fsp3) is 0.571. The molecular formula is C42H57ClI2N6O4. The Labute approximate surface area is 359 Å². The second-order valence-electron chi connectivity index (χ2n) is 14.7. The van der Waals surface area contributed by atoms with E-state index >= 15 is 0 Å². The number of likely N-dealkylation sites (tertiary alicyclic amines) is 1. The first-order chi connectivity index (χ1) is 27.0. The molecule has 4 saturated heterocycles. The van der Waals surface area contributed by atoms with Gasteiger partial charge < -0.3 is 29.2 Å². The van der Waals surface area contributed by atoms with Crippen molar-refractivity contribution in [2.75, 3.05) is 118 Å². The van der Waals surface area contributed by atoms with E-state index in [2.05, 4.69) is 105 Å². The van der Waals surface area contributed by atoms with Crippen LogP contribution in [0.15, 0.2) is 60.9 Å². The highest BCUT2D eigenvalue weighted by Gasteiger charge is 2.22. The zero-order chi connectivity index (χ0) is 38.1. The van der Waals surface area contributed by atoms with E-state index in [1.54, 1.807) is 0 Å². The van der Waals surface area contributed by atoms with Crippen LogP contribution in [-0.2, 0) is 9.47 Å². The predicted molar refractivity (Wildman–Crippen MR) is 240 cm³/mol. The maximum atomic E-state index is 6.26. The van der Waals surface area contributed by atoms with Crippen molar-refractivity contribution in [2.45, 2.75) is 25.7 Å². The van der Waals surface area contributed by atoms with Crippen LogP contribution in [0, 0.1) is 19.0 Å². The standard InChI is InChI=1S/C21H28IN3O2.C15H17IN2O.C6H12ClNO/c22-18-3-4-20-19(14-18)21(5-6-23-20)27-16-17-2-1-7-25(15-17)9-8-24-10-12-26-13-11-24;16-12-3-4-14-13(8-12)15(5-7-18-14)19-10-11-2-1-6-17-9-11;7-1-2-8-3-5-9-6-4-8/h3-6,14,17H,1-2,7-13,15-16H2;3-5,7-8,11,17H,1-2,6,9-10H2;1-6H2/t17-;11-;/m11./s1. The predicted octanol–water partition coefficient (Wildman–Crippen LogP) is 7.04. The number of nitrogens with one attached hydrogen (secondary N) is 1. The molecule has 4 aliphatic rings.